The summed E-state index contributed by atoms with van der Waals surface area (Å²) in [5.41, 5.74) is 9.75. The molecular weight excluding hydrogens is 460 g/mol. The van der Waals surface area contributed by atoms with Crippen LogP contribution in [0.4, 0.5) is 23.1 Å². The molecule has 2 heterocycles. The molecule has 4 N–H and O–H groups in total. The van der Waals surface area contributed by atoms with Gasteiger partial charge in [-0.25, -0.2) is 4.98 Å². The first-order chi connectivity index (χ1) is 14.9. The molecule has 0 radical (unpaired) electrons. The minimum absolute atomic E-state index is 0.195. The summed E-state index contributed by atoms with van der Waals surface area (Å²) in [4.78, 5) is 23.0. The van der Waals surface area contributed by atoms with E-state index in [1.165, 1.54) is 17.3 Å². The van der Waals surface area contributed by atoms with Crippen molar-refractivity contribution in [3.63, 3.8) is 0 Å². The fraction of sp³-hybridized carbons (Fsp3) is 0.227. The van der Waals surface area contributed by atoms with Crippen molar-refractivity contribution < 1.29 is 9.53 Å². The Hall–Kier alpha value is -3.17. The predicted octanol–water partition coefficient (Wildman–Crippen LogP) is 3.82. The molecular formula is C22H23BrN6O2. The molecule has 9 heteroatoms. The molecule has 2 aromatic carbocycles. The van der Waals surface area contributed by atoms with E-state index in [0.717, 1.165) is 35.4 Å². The summed E-state index contributed by atoms with van der Waals surface area (Å²) in [7, 11) is 3.74. The smallest absolute Gasteiger partial charge is 0.254 e. The fourth-order valence-electron chi connectivity index (χ4n) is 3.52. The molecule has 1 amide bonds. The first kappa shape index (κ1) is 21.1. The van der Waals surface area contributed by atoms with Gasteiger partial charge in [-0.15, -0.1) is 0 Å². The maximum Gasteiger partial charge on any atom is 0.254 e. The first-order valence-corrected chi connectivity index (χ1v) is 10.6. The molecule has 1 aliphatic rings. The zero-order chi connectivity index (χ0) is 22.0. The highest BCUT2D eigenvalue weighted by Crippen LogP contribution is 2.33. The Kier molecular flexibility index (Phi) is 6.06. The summed E-state index contributed by atoms with van der Waals surface area (Å²) in [6, 6.07) is 11.7. The van der Waals surface area contributed by atoms with Crippen molar-refractivity contribution in [2.75, 3.05) is 31.3 Å². The van der Waals surface area contributed by atoms with Crippen LogP contribution in [0, 0.1) is 0 Å². The molecule has 160 valence electrons. The minimum atomic E-state index is -0.615. The van der Waals surface area contributed by atoms with Crippen LogP contribution in [0.25, 0.3) is 0 Å². The number of amides is 1. The van der Waals surface area contributed by atoms with Crippen LogP contribution in [0.2, 0.25) is 0 Å². The quantitative estimate of drug-likeness (QED) is 0.490. The zero-order valence-corrected chi connectivity index (χ0v) is 18.9. The van der Waals surface area contributed by atoms with Crippen molar-refractivity contribution in [1.29, 1.82) is 0 Å². The van der Waals surface area contributed by atoms with E-state index in [0.29, 0.717) is 17.5 Å². The van der Waals surface area contributed by atoms with Gasteiger partial charge in [0.25, 0.3) is 5.91 Å². The van der Waals surface area contributed by atoms with Gasteiger partial charge in [-0.1, -0.05) is 12.1 Å². The number of likely N-dealkylation sites (N-methyl/N-ethyl adjacent to an activating group) is 1. The lowest BCUT2D eigenvalue weighted by molar-refractivity contribution is 0.100. The minimum Gasteiger partial charge on any atom is -0.495 e. The van der Waals surface area contributed by atoms with Gasteiger partial charge in [0.2, 0.25) is 5.95 Å². The van der Waals surface area contributed by atoms with Gasteiger partial charge in [-0.3, -0.25) is 4.79 Å². The van der Waals surface area contributed by atoms with Crippen LogP contribution in [0.5, 0.6) is 5.75 Å². The Balaban J connectivity index is 1.68. The number of carbonyl (C=O) groups excluding carboxylic acids is 1. The Morgan fingerprint density at radius 1 is 1.19 bits per heavy atom. The number of aromatic nitrogens is 2. The second-order valence-corrected chi connectivity index (χ2v) is 8.21. The molecule has 1 aromatic heterocycles. The van der Waals surface area contributed by atoms with Gasteiger partial charge in [0, 0.05) is 23.8 Å². The number of nitrogens with zero attached hydrogens (tertiary/aromatic N) is 3. The van der Waals surface area contributed by atoms with Crippen LogP contribution in [0.1, 0.15) is 21.5 Å². The molecule has 0 fully saturated rings. The number of para-hydroxylation sites is 1. The van der Waals surface area contributed by atoms with E-state index in [9.17, 15) is 4.79 Å². The number of anilines is 4. The van der Waals surface area contributed by atoms with Crippen molar-refractivity contribution in [2.45, 2.75) is 13.0 Å². The van der Waals surface area contributed by atoms with E-state index < -0.39 is 5.91 Å². The number of methoxy groups -OCH3 is 1. The lowest BCUT2D eigenvalue weighted by Crippen LogP contribution is -2.26. The van der Waals surface area contributed by atoms with Gasteiger partial charge < -0.3 is 26.0 Å². The number of rotatable bonds is 6. The van der Waals surface area contributed by atoms with Crippen molar-refractivity contribution in [1.82, 2.24) is 14.9 Å². The van der Waals surface area contributed by atoms with Crippen LogP contribution >= 0.6 is 15.9 Å². The number of hydrogen-bond donors (Lipinski definition) is 3. The van der Waals surface area contributed by atoms with Gasteiger partial charge in [-0.05, 0) is 64.8 Å². The molecule has 4 rings (SSSR count). The number of hydrogen-bond acceptors (Lipinski definition) is 7. The summed E-state index contributed by atoms with van der Waals surface area (Å²) in [6.45, 7) is 1.88. The van der Waals surface area contributed by atoms with Gasteiger partial charge >= 0.3 is 0 Å². The fourth-order valence-corrected chi connectivity index (χ4v) is 3.91. The Morgan fingerprint density at radius 2 is 2.00 bits per heavy atom. The highest BCUT2D eigenvalue weighted by atomic mass is 79.9. The van der Waals surface area contributed by atoms with E-state index in [-0.39, 0.29) is 5.56 Å². The summed E-state index contributed by atoms with van der Waals surface area (Å²) < 4.78 is 6.42. The van der Waals surface area contributed by atoms with Crippen molar-refractivity contribution in [3.05, 3.63) is 63.8 Å². The van der Waals surface area contributed by atoms with Crippen molar-refractivity contribution in [3.8, 4) is 5.75 Å². The monoisotopic (exact) mass is 482 g/mol. The number of nitrogens with one attached hydrogen (secondary N) is 2. The Bertz CT molecular complexity index is 1140. The van der Waals surface area contributed by atoms with Crippen LogP contribution in [0.15, 0.2) is 47.1 Å². The number of carbonyl (C=O) groups is 1. The maximum atomic E-state index is 11.9. The summed E-state index contributed by atoms with van der Waals surface area (Å²) >= 11 is 3.49. The van der Waals surface area contributed by atoms with E-state index in [2.05, 4.69) is 60.6 Å². The van der Waals surface area contributed by atoms with Gasteiger partial charge in [-0.2, -0.15) is 4.98 Å². The number of primary amides is 1. The van der Waals surface area contributed by atoms with Crippen LogP contribution in [-0.2, 0) is 13.0 Å². The normalized spacial score (nSPS) is 13.4. The molecule has 3 aromatic rings. The highest BCUT2D eigenvalue weighted by Gasteiger charge is 2.18. The number of ether oxygens (including phenoxy) is 1. The van der Waals surface area contributed by atoms with E-state index >= 15 is 0 Å². The lowest BCUT2D eigenvalue weighted by atomic mass is 9.99. The zero-order valence-electron chi connectivity index (χ0n) is 17.3. The summed E-state index contributed by atoms with van der Waals surface area (Å²) in [5.74, 6) is 0.734. The van der Waals surface area contributed by atoms with Gasteiger partial charge in [0.15, 0.2) is 0 Å². The average Bonchev–Trinajstić information content (AvgIpc) is 2.75. The summed E-state index contributed by atoms with van der Waals surface area (Å²) in [5, 5.41) is 6.38. The maximum absolute atomic E-state index is 11.9. The van der Waals surface area contributed by atoms with Gasteiger partial charge in [0.05, 0.1) is 18.5 Å². The van der Waals surface area contributed by atoms with Crippen LogP contribution in [-0.4, -0.2) is 41.5 Å². The van der Waals surface area contributed by atoms with Crippen LogP contribution < -0.4 is 21.1 Å². The molecule has 1 aliphatic heterocycles. The standard InChI is InChI=1S/C22H23BrN6O2/c1-29-8-7-13-10-19(31-2)18(9-14(13)12-29)27-22-25-11-15(20(24)30)21(28-22)26-17-6-4-3-5-16(17)23/h3-6,9-11H,7-8,12H2,1-2H3,(H2,24,30)(H2,25,26,27,28). The third kappa shape index (κ3) is 4.62. The predicted molar refractivity (Wildman–Crippen MR) is 124 cm³/mol. The molecule has 0 aliphatic carbocycles. The Morgan fingerprint density at radius 3 is 2.74 bits per heavy atom. The third-order valence-electron chi connectivity index (χ3n) is 5.15. The lowest BCUT2D eigenvalue weighted by Gasteiger charge is -2.26. The summed E-state index contributed by atoms with van der Waals surface area (Å²) in [6.07, 6.45) is 2.39. The molecule has 0 unspecified atom stereocenters. The number of nitrogens with two attached hydrogens (primary N) is 1. The average molecular weight is 483 g/mol. The molecule has 0 saturated heterocycles. The second kappa shape index (κ2) is 8.91. The second-order valence-electron chi connectivity index (χ2n) is 7.36. The molecule has 8 nitrogen and oxygen atoms in total. The van der Waals surface area contributed by atoms with E-state index in [4.69, 9.17) is 10.5 Å². The van der Waals surface area contributed by atoms with Crippen LogP contribution in [0.3, 0.4) is 0 Å². The first-order valence-electron chi connectivity index (χ1n) is 9.78. The molecule has 0 atom stereocenters. The number of fused-ring (bicyclic) bond motifs is 1. The number of halogens is 1. The molecule has 31 heavy (non-hydrogen) atoms. The molecule has 0 bridgehead atoms. The van der Waals surface area contributed by atoms with E-state index in [1.54, 1.807) is 7.11 Å². The largest absolute Gasteiger partial charge is 0.495 e. The topological polar surface area (TPSA) is 105 Å². The molecule has 0 spiro atoms. The SMILES string of the molecule is COc1cc2c(cc1Nc1ncc(C(N)=O)c(Nc3ccccc3Br)n1)CN(C)CC2. The highest BCUT2D eigenvalue weighted by molar-refractivity contribution is 9.10. The van der Waals surface area contributed by atoms with Crippen molar-refractivity contribution >= 4 is 45.0 Å². The number of benzene rings is 2. The third-order valence-corrected chi connectivity index (χ3v) is 5.84. The van der Waals surface area contributed by atoms with Gasteiger partial charge in [0.1, 0.15) is 17.1 Å². The van der Waals surface area contributed by atoms with E-state index in [1.807, 2.05) is 24.3 Å². The molecule has 0 saturated carbocycles. The van der Waals surface area contributed by atoms with Crippen molar-refractivity contribution in [2.24, 2.45) is 5.73 Å². The Labute approximate surface area is 189 Å².